The molecule has 0 aliphatic carbocycles. The molecule has 19 heavy (non-hydrogen) atoms. The number of ether oxygens (including phenoxy) is 1. The first-order chi connectivity index (χ1) is 9.22. The van der Waals surface area contributed by atoms with Crippen molar-refractivity contribution in [2.24, 2.45) is 0 Å². The molecule has 5 heteroatoms. The van der Waals surface area contributed by atoms with Gasteiger partial charge in [-0.05, 0) is 30.9 Å². The molecular weight excluding hydrogens is 241 g/mol. The first kappa shape index (κ1) is 14.0. The summed E-state index contributed by atoms with van der Waals surface area (Å²) in [5.41, 5.74) is 1.18. The van der Waals surface area contributed by atoms with Gasteiger partial charge in [-0.15, -0.1) is 0 Å². The van der Waals surface area contributed by atoms with Crippen LogP contribution in [-0.4, -0.2) is 28.8 Å². The van der Waals surface area contributed by atoms with Gasteiger partial charge in [-0.2, -0.15) is 0 Å². The van der Waals surface area contributed by atoms with Gasteiger partial charge < -0.3 is 19.4 Å². The zero-order valence-electron chi connectivity index (χ0n) is 11.2. The second-order valence-corrected chi connectivity index (χ2v) is 4.73. The second-order valence-electron chi connectivity index (χ2n) is 4.73. The number of unbranched alkanes of at least 4 members (excludes halogenated alkanes) is 2. The fourth-order valence-corrected chi connectivity index (χ4v) is 2.35. The van der Waals surface area contributed by atoms with Crippen LogP contribution in [0.25, 0.3) is 10.9 Å². The van der Waals surface area contributed by atoms with Crippen LogP contribution in [0.5, 0.6) is 5.75 Å². The molecule has 0 aliphatic heterocycles. The lowest BCUT2D eigenvalue weighted by molar-refractivity contribution is 0.401. The molecule has 0 spiro atoms. The number of benzene rings is 1. The smallest absolute Gasteiger partial charge is 0.451 e. The average Bonchev–Trinajstić information content (AvgIpc) is 2.81. The van der Waals surface area contributed by atoms with Crippen molar-refractivity contribution in [3.63, 3.8) is 0 Å². The average molecular weight is 261 g/mol. The Kier molecular flexibility index (Phi) is 4.88. The molecule has 102 valence electrons. The molecule has 1 aromatic carbocycles. The molecule has 2 rings (SSSR count). The van der Waals surface area contributed by atoms with Crippen LogP contribution in [0.4, 0.5) is 0 Å². The highest BCUT2D eigenvalue weighted by molar-refractivity contribution is 6.40. The Morgan fingerprint density at radius 3 is 2.74 bits per heavy atom. The molecule has 1 heterocycles. The summed E-state index contributed by atoms with van der Waals surface area (Å²) >= 11 is 0. The van der Waals surface area contributed by atoms with Gasteiger partial charge in [0, 0.05) is 18.1 Å². The number of methoxy groups -OCH3 is 1. The Bertz CT molecular complexity index is 524. The predicted octanol–water partition coefficient (Wildman–Crippen LogP) is 2.29. The molecule has 0 radical (unpaired) electrons. The fourth-order valence-electron chi connectivity index (χ4n) is 2.35. The number of aromatic nitrogens is 1. The van der Waals surface area contributed by atoms with E-state index in [0.29, 0.717) is 6.32 Å². The number of aryl methyl sites for hydroxylation is 1. The summed E-state index contributed by atoms with van der Waals surface area (Å²) in [5.74, 6) is 0.902. The number of nitrogens with zero attached hydrogens (tertiary/aromatic N) is 1. The maximum absolute atomic E-state index is 8.77. The zero-order chi connectivity index (χ0) is 13.7. The molecule has 0 atom stereocenters. The van der Waals surface area contributed by atoms with Crippen molar-refractivity contribution in [1.82, 2.24) is 4.57 Å². The van der Waals surface area contributed by atoms with Crippen molar-refractivity contribution in [3.8, 4) is 5.75 Å². The summed E-state index contributed by atoms with van der Waals surface area (Å²) in [6, 6.07) is 8.13. The lowest BCUT2D eigenvalue weighted by atomic mass is 9.83. The molecule has 2 N–H and O–H groups in total. The van der Waals surface area contributed by atoms with Gasteiger partial charge in [-0.1, -0.05) is 18.9 Å². The summed E-state index contributed by atoms with van der Waals surface area (Å²) in [6.07, 6.45) is 5.42. The Balaban J connectivity index is 1.94. The van der Waals surface area contributed by atoms with Gasteiger partial charge >= 0.3 is 7.12 Å². The van der Waals surface area contributed by atoms with E-state index >= 15 is 0 Å². The van der Waals surface area contributed by atoms with Crippen molar-refractivity contribution in [2.45, 2.75) is 32.1 Å². The van der Waals surface area contributed by atoms with Crippen LogP contribution in [0.2, 0.25) is 6.32 Å². The Morgan fingerprint density at radius 2 is 2.00 bits per heavy atom. The Labute approximate surface area is 113 Å². The second kappa shape index (κ2) is 6.64. The lowest BCUT2D eigenvalue weighted by Gasteiger charge is -2.07. The highest BCUT2D eigenvalue weighted by Gasteiger charge is 2.07. The van der Waals surface area contributed by atoms with Crippen molar-refractivity contribution in [2.75, 3.05) is 7.11 Å². The minimum absolute atomic E-state index is 0.459. The molecule has 4 nitrogen and oxygen atoms in total. The van der Waals surface area contributed by atoms with Crippen LogP contribution in [-0.2, 0) is 6.54 Å². The van der Waals surface area contributed by atoms with Crippen molar-refractivity contribution in [1.29, 1.82) is 0 Å². The molecule has 0 fully saturated rings. The van der Waals surface area contributed by atoms with Crippen LogP contribution in [0, 0.1) is 0 Å². The van der Waals surface area contributed by atoms with Crippen LogP contribution >= 0.6 is 0 Å². The van der Waals surface area contributed by atoms with E-state index in [4.69, 9.17) is 14.8 Å². The van der Waals surface area contributed by atoms with Crippen molar-refractivity contribution >= 4 is 18.0 Å². The largest absolute Gasteiger partial charge is 0.496 e. The summed E-state index contributed by atoms with van der Waals surface area (Å²) in [5, 5.41) is 18.7. The maximum atomic E-state index is 8.77. The number of rotatable bonds is 7. The maximum Gasteiger partial charge on any atom is 0.451 e. The van der Waals surface area contributed by atoms with Crippen molar-refractivity contribution < 1.29 is 14.8 Å². The molecule has 2 aromatic rings. The Morgan fingerprint density at radius 1 is 1.16 bits per heavy atom. The minimum atomic E-state index is -1.17. The SMILES string of the molecule is COc1cccc2c1ccn2CCCCCB(O)O. The molecule has 0 amide bonds. The topological polar surface area (TPSA) is 54.6 Å². The molecule has 0 unspecified atom stereocenters. The number of fused-ring (bicyclic) bond motifs is 1. The third kappa shape index (κ3) is 3.52. The molecule has 1 aromatic heterocycles. The van der Waals surface area contributed by atoms with E-state index in [1.807, 2.05) is 12.1 Å². The molecule has 0 saturated carbocycles. The van der Waals surface area contributed by atoms with Gasteiger partial charge in [-0.3, -0.25) is 0 Å². The lowest BCUT2D eigenvalue weighted by Crippen LogP contribution is -2.09. The van der Waals surface area contributed by atoms with E-state index in [9.17, 15) is 0 Å². The molecule has 0 bridgehead atoms. The third-order valence-electron chi connectivity index (χ3n) is 3.35. The summed E-state index contributed by atoms with van der Waals surface area (Å²) < 4.78 is 7.56. The van der Waals surface area contributed by atoms with E-state index in [0.717, 1.165) is 36.9 Å². The van der Waals surface area contributed by atoms with E-state index in [-0.39, 0.29) is 0 Å². The highest BCUT2D eigenvalue weighted by atomic mass is 16.5. The Hall–Kier alpha value is -1.46. The summed E-state index contributed by atoms with van der Waals surface area (Å²) in [6.45, 7) is 0.943. The highest BCUT2D eigenvalue weighted by Crippen LogP contribution is 2.26. The third-order valence-corrected chi connectivity index (χ3v) is 3.35. The van der Waals surface area contributed by atoms with Gasteiger partial charge in [0.05, 0.1) is 12.6 Å². The van der Waals surface area contributed by atoms with Crippen LogP contribution < -0.4 is 4.74 Å². The van der Waals surface area contributed by atoms with Gasteiger partial charge in [0.2, 0.25) is 0 Å². The predicted molar refractivity (Wildman–Crippen MR) is 77.3 cm³/mol. The molecular formula is C14H20BNO3. The first-order valence-corrected chi connectivity index (χ1v) is 6.70. The molecule has 0 saturated heterocycles. The monoisotopic (exact) mass is 261 g/mol. The van der Waals surface area contributed by atoms with Gasteiger partial charge in [0.15, 0.2) is 0 Å². The fraction of sp³-hybridized carbons (Fsp3) is 0.429. The van der Waals surface area contributed by atoms with E-state index in [1.165, 1.54) is 5.52 Å². The number of hydrogen-bond acceptors (Lipinski definition) is 3. The van der Waals surface area contributed by atoms with E-state index < -0.39 is 7.12 Å². The van der Waals surface area contributed by atoms with E-state index in [1.54, 1.807) is 7.11 Å². The van der Waals surface area contributed by atoms with Gasteiger partial charge in [0.1, 0.15) is 5.75 Å². The number of hydrogen-bond donors (Lipinski definition) is 2. The summed E-state index contributed by atoms with van der Waals surface area (Å²) in [7, 11) is 0.517. The van der Waals surface area contributed by atoms with Crippen LogP contribution in [0.1, 0.15) is 19.3 Å². The first-order valence-electron chi connectivity index (χ1n) is 6.70. The van der Waals surface area contributed by atoms with E-state index in [2.05, 4.69) is 22.9 Å². The quantitative estimate of drug-likeness (QED) is 0.594. The minimum Gasteiger partial charge on any atom is -0.496 e. The zero-order valence-corrected chi connectivity index (χ0v) is 11.2. The molecule has 0 aliphatic rings. The van der Waals surface area contributed by atoms with Crippen LogP contribution in [0.3, 0.4) is 0 Å². The van der Waals surface area contributed by atoms with Gasteiger partial charge in [0.25, 0.3) is 0 Å². The summed E-state index contributed by atoms with van der Waals surface area (Å²) in [4.78, 5) is 0. The van der Waals surface area contributed by atoms with Crippen LogP contribution in [0.15, 0.2) is 30.5 Å². The normalized spacial score (nSPS) is 10.9. The van der Waals surface area contributed by atoms with Crippen molar-refractivity contribution in [3.05, 3.63) is 30.5 Å². The van der Waals surface area contributed by atoms with Gasteiger partial charge in [-0.25, -0.2) is 0 Å². The standard InChI is InChI=1S/C14H20BNO3/c1-19-14-7-5-6-13-12(14)8-11-16(13)10-4-2-3-9-15(17)18/h5-8,11,17-18H,2-4,9-10H2,1H3.